The number of nitrogens with zero attached hydrogens (tertiary/aromatic N) is 3. The molecule has 0 aliphatic rings. The Morgan fingerprint density at radius 3 is 0.787 bits per heavy atom. The fourth-order valence-electron chi connectivity index (χ4n) is 8.86. The molecular weight excluding hydrogens is 1180 g/mol. The first-order chi connectivity index (χ1) is 36.3. The molecule has 3 nitrogen and oxygen atoms in total. The number of aryl methyl sites for hydroxylation is 2. The van der Waals surface area contributed by atoms with E-state index >= 15 is 0 Å². The van der Waals surface area contributed by atoms with Gasteiger partial charge in [-0.05, 0) is 217 Å². The zero-order valence-electron chi connectivity index (χ0n) is 43.5. The SMILES string of the molecule is CC(C)(C)c1ccc(N(c2ccc(Br)cc2)c2ccc(/C=C/c3ccc(Br)cc3)cc2)cc1.CCCCc1ccc(N(c2ccc(Br)cc2)c2ccc(N(c3ccc(Br)cc3)c3ccc(CCCC)cc3)cc2)cc1. The molecule has 0 spiro atoms. The molecule has 0 aliphatic carbocycles. The van der Waals surface area contributed by atoms with Crippen molar-refractivity contribution in [3.05, 3.63) is 264 Å². The predicted octanol–water partition coefficient (Wildman–Crippen LogP) is 23.0. The zero-order chi connectivity index (χ0) is 52.7. The molecule has 0 amide bonds. The van der Waals surface area contributed by atoms with Gasteiger partial charge in [-0.1, -0.05) is 184 Å². The minimum absolute atomic E-state index is 0.129. The van der Waals surface area contributed by atoms with Gasteiger partial charge in [0.15, 0.2) is 0 Å². The van der Waals surface area contributed by atoms with Gasteiger partial charge in [0.1, 0.15) is 0 Å². The molecule has 0 unspecified atom stereocenters. The summed E-state index contributed by atoms with van der Waals surface area (Å²) in [6.07, 6.45) is 11.4. The van der Waals surface area contributed by atoms with Crippen LogP contribution in [0.5, 0.6) is 0 Å². The maximum atomic E-state index is 3.60. The summed E-state index contributed by atoms with van der Waals surface area (Å²) in [5.74, 6) is 0. The minimum atomic E-state index is 0.129. The summed E-state index contributed by atoms with van der Waals surface area (Å²) in [4.78, 5) is 6.94. The van der Waals surface area contributed by atoms with Crippen molar-refractivity contribution in [2.24, 2.45) is 0 Å². The molecule has 0 aromatic heterocycles. The fourth-order valence-corrected chi connectivity index (χ4v) is 9.92. The van der Waals surface area contributed by atoms with Gasteiger partial charge in [0, 0.05) is 69.1 Å². The van der Waals surface area contributed by atoms with Gasteiger partial charge >= 0.3 is 0 Å². The molecule has 9 aromatic rings. The third-order valence-electron chi connectivity index (χ3n) is 13.1. The molecule has 75 heavy (non-hydrogen) atoms. The second-order valence-corrected chi connectivity index (χ2v) is 23.4. The maximum absolute atomic E-state index is 3.60. The third-order valence-corrected chi connectivity index (χ3v) is 15.2. The average Bonchev–Trinajstić information content (AvgIpc) is 3.43. The summed E-state index contributed by atoms with van der Waals surface area (Å²) < 4.78 is 4.31. The van der Waals surface area contributed by atoms with E-state index in [0.717, 1.165) is 81.9 Å². The quantitative estimate of drug-likeness (QED) is 0.0842. The highest BCUT2D eigenvalue weighted by Crippen LogP contribution is 2.41. The molecule has 0 fully saturated rings. The van der Waals surface area contributed by atoms with Gasteiger partial charge in [-0.25, -0.2) is 0 Å². The highest BCUT2D eigenvalue weighted by atomic mass is 79.9. The first-order valence-electron chi connectivity index (χ1n) is 25.9. The smallest absolute Gasteiger partial charge is 0.0463 e. The molecule has 0 atom stereocenters. The lowest BCUT2D eigenvalue weighted by Crippen LogP contribution is -2.13. The van der Waals surface area contributed by atoms with Crippen LogP contribution in [-0.4, -0.2) is 0 Å². The Hall–Kier alpha value is -5.96. The van der Waals surface area contributed by atoms with Crippen LogP contribution < -0.4 is 14.7 Å². The molecule has 0 aliphatic heterocycles. The number of unbranched alkanes of at least 4 members (excludes halogenated alkanes) is 2. The highest BCUT2D eigenvalue weighted by Gasteiger charge is 2.19. The molecule has 0 radical (unpaired) electrons. The lowest BCUT2D eigenvalue weighted by atomic mass is 9.87. The molecule has 380 valence electrons. The number of hydrogen-bond donors (Lipinski definition) is 0. The lowest BCUT2D eigenvalue weighted by Gasteiger charge is -2.28. The second kappa shape index (κ2) is 26.7. The van der Waals surface area contributed by atoms with E-state index in [1.54, 1.807) is 0 Å². The molecule has 9 rings (SSSR count). The molecular formula is C68H65Br4N3. The summed E-state index contributed by atoms with van der Waals surface area (Å²) in [6, 6.07) is 78.4. The Bertz CT molecular complexity index is 3060. The number of hydrogen-bond acceptors (Lipinski definition) is 3. The molecule has 7 heteroatoms. The summed E-state index contributed by atoms with van der Waals surface area (Å²) >= 11 is 14.3. The Kier molecular flexibility index (Phi) is 19.7. The van der Waals surface area contributed by atoms with Gasteiger partial charge in [-0.3, -0.25) is 0 Å². The number of benzene rings is 9. The minimum Gasteiger partial charge on any atom is -0.311 e. The van der Waals surface area contributed by atoms with Gasteiger partial charge in [0.05, 0.1) is 0 Å². The van der Waals surface area contributed by atoms with Crippen molar-refractivity contribution in [2.75, 3.05) is 14.7 Å². The summed E-state index contributed by atoms with van der Waals surface area (Å²) in [5, 5.41) is 0. The topological polar surface area (TPSA) is 9.72 Å². The number of halogens is 4. The Morgan fingerprint density at radius 1 is 0.307 bits per heavy atom. The zero-order valence-corrected chi connectivity index (χ0v) is 49.9. The van der Waals surface area contributed by atoms with Crippen LogP contribution in [0.25, 0.3) is 12.2 Å². The standard InChI is InChI=1S/C38H38Br2N2.C30H27Br2N/c1-3-5-7-29-9-17-33(18-10-29)41(35-21-13-31(39)14-22-35)37-25-27-38(28-26-37)42(36-23-15-32(40)16-24-36)34-19-11-30(12-20-34)8-6-4-2;1-30(2,3)24-10-18-28(19-11-24)33(29-20-14-26(32)15-21-29)27-16-8-23(9-17-27)5-4-22-6-12-25(31)13-7-22/h9-28H,3-8H2,1-2H3;4-21H,1-3H3/b;5-4+. The molecule has 0 bridgehead atoms. The van der Waals surface area contributed by atoms with Crippen molar-refractivity contribution in [1.29, 1.82) is 0 Å². The first kappa shape index (κ1) is 55.3. The second-order valence-electron chi connectivity index (χ2n) is 19.8. The van der Waals surface area contributed by atoms with E-state index < -0.39 is 0 Å². The highest BCUT2D eigenvalue weighted by molar-refractivity contribution is 9.11. The van der Waals surface area contributed by atoms with Crippen molar-refractivity contribution in [2.45, 2.75) is 78.6 Å². The van der Waals surface area contributed by atoms with Gasteiger partial charge in [-0.2, -0.15) is 0 Å². The van der Waals surface area contributed by atoms with Gasteiger partial charge < -0.3 is 14.7 Å². The van der Waals surface area contributed by atoms with Crippen LogP contribution in [0.2, 0.25) is 0 Å². The van der Waals surface area contributed by atoms with Crippen LogP contribution in [0, 0.1) is 0 Å². The van der Waals surface area contributed by atoms with E-state index in [0.29, 0.717) is 0 Å². The van der Waals surface area contributed by atoms with Crippen molar-refractivity contribution in [1.82, 2.24) is 0 Å². The van der Waals surface area contributed by atoms with E-state index in [-0.39, 0.29) is 5.41 Å². The van der Waals surface area contributed by atoms with Crippen molar-refractivity contribution in [3.63, 3.8) is 0 Å². The van der Waals surface area contributed by atoms with Crippen LogP contribution in [0.4, 0.5) is 51.2 Å². The molecule has 0 N–H and O–H groups in total. The Labute approximate surface area is 480 Å². The van der Waals surface area contributed by atoms with Crippen molar-refractivity contribution >= 4 is 127 Å². The average molecular weight is 1240 g/mol. The summed E-state index contributed by atoms with van der Waals surface area (Å²) in [7, 11) is 0. The van der Waals surface area contributed by atoms with Crippen LogP contribution in [0.3, 0.4) is 0 Å². The third kappa shape index (κ3) is 15.3. The van der Waals surface area contributed by atoms with E-state index in [1.807, 2.05) is 0 Å². The Morgan fingerprint density at radius 2 is 0.520 bits per heavy atom. The van der Waals surface area contributed by atoms with E-state index in [4.69, 9.17) is 0 Å². The lowest BCUT2D eigenvalue weighted by molar-refractivity contribution is 0.590. The summed E-state index contributed by atoms with van der Waals surface area (Å²) in [6.45, 7) is 11.2. The summed E-state index contributed by atoms with van der Waals surface area (Å²) in [5.41, 5.74) is 16.8. The molecule has 9 aromatic carbocycles. The maximum Gasteiger partial charge on any atom is 0.0463 e. The molecule has 0 heterocycles. The normalized spacial score (nSPS) is 11.3. The van der Waals surface area contributed by atoms with Crippen molar-refractivity contribution < 1.29 is 0 Å². The van der Waals surface area contributed by atoms with E-state index in [1.165, 1.54) is 53.5 Å². The number of rotatable bonds is 17. The number of anilines is 9. The largest absolute Gasteiger partial charge is 0.311 e. The van der Waals surface area contributed by atoms with Crippen molar-refractivity contribution in [3.8, 4) is 0 Å². The molecule has 0 saturated heterocycles. The first-order valence-corrected chi connectivity index (χ1v) is 29.1. The van der Waals surface area contributed by atoms with Gasteiger partial charge in [-0.15, -0.1) is 0 Å². The fraction of sp³-hybridized carbons (Fsp3) is 0.176. The van der Waals surface area contributed by atoms with Crippen LogP contribution >= 0.6 is 63.7 Å². The van der Waals surface area contributed by atoms with Gasteiger partial charge in [0.2, 0.25) is 0 Å². The monoisotopic (exact) mass is 1240 g/mol. The van der Waals surface area contributed by atoms with Crippen LogP contribution in [0.15, 0.2) is 236 Å². The predicted molar refractivity (Wildman–Crippen MR) is 339 cm³/mol. The van der Waals surface area contributed by atoms with Crippen LogP contribution in [0.1, 0.15) is 88.1 Å². The molecule has 0 saturated carbocycles. The Balaban J connectivity index is 0.000000205. The van der Waals surface area contributed by atoms with E-state index in [9.17, 15) is 0 Å². The van der Waals surface area contributed by atoms with Gasteiger partial charge in [0.25, 0.3) is 0 Å². The van der Waals surface area contributed by atoms with E-state index in [2.05, 4.69) is 344 Å². The van der Waals surface area contributed by atoms with Crippen LogP contribution in [-0.2, 0) is 18.3 Å².